The van der Waals surface area contributed by atoms with E-state index in [1.165, 1.54) is 0 Å². The molecular formula is C13H11BrINOS. The number of anilines is 1. The number of carbonyl (C=O) groups excluding carboxylic acids is 1. The smallest absolute Gasteiger partial charge is 0.256 e. The van der Waals surface area contributed by atoms with Crippen LogP contribution in [-0.2, 0) is 0 Å². The lowest BCUT2D eigenvalue weighted by atomic mass is 10.1. The third kappa shape index (κ3) is 3.13. The average Bonchev–Trinajstić information content (AvgIpc) is 2.72. The maximum absolute atomic E-state index is 12.0. The van der Waals surface area contributed by atoms with Crippen LogP contribution in [0.4, 0.5) is 5.69 Å². The summed E-state index contributed by atoms with van der Waals surface area (Å²) in [5.74, 6) is -0.0599. The summed E-state index contributed by atoms with van der Waals surface area (Å²) in [7, 11) is 0. The van der Waals surface area contributed by atoms with Gasteiger partial charge in [0, 0.05) is 15.5 Å². The quantitative estimate of drug-likeness (QED) is 0.662. The minimum Gasteiger partial charge on any atom is -0.322 e. The zero-order valence-electron chi connectivity index (χ0n) is 9.88. The molecule has 2 aromatic rings. The molecule has 1 aromatic carbocycles. The molecule has 0 unspecified atom stereocenters. The molecule has 0 bridgehead atoms. The second-order valence-electron chi connectivity index (χ2n) is 4.02. The zero-order valence-corrected chi connectivity index (χ0v) is 14.4. The lowest BCUT2D eigenvalue weighted by Gasteiger charge is -2.09. The molecule has 0 spiro atoms. The van der Waals surface area contributed by atoms with Gasteiger partial charge in [0.05, 0.1) is 8.45 Å². The van der Waals surface area contributed by atoms with Gasteiger partial charge in [-0.05, 0) is 65.8 Å². The molecule has 0 aliphatic rings. The highest BCUT2D eigenvalue weighted by molar-refractivity contribution is 14.1. The molecule has 0 fully saturated rings. The van der Waals surface area contributed by atoms with Crippen LogP contribution < -0.4 is 5.32 Å². The van der Waals surface area contributed by atoms with Crippen molar-refractivity contribution in [2.75, 3.05) is 5.32 Å². The van der Waals surface area contributed by atoms with Crippen molar-refractivity contribution in [2.45, 2.75) is 13.8 Å². The van der Waals surface area contributed by atoms with E-state index in [0.29, 0.717) is 5.56 Å². The first-order valence-electron chi connectivity index (χ1n) is 5.29. The van der Waals surface area contributed by atoms with Crippen LogP contribution in [0.2, 0.25) is 0 Å². The average molecular weight is 436 g/mol. The van der Waals surface area contributed by atoms with E-state index in [2.05, 4.69) is 43.8 Å². The second kappa shape index (κ2) is 5.71. The van der Waals surface area contributed by atoms with Crippen LogP contribution in [0.25, 0.3) is 0 Å². The molecule has 0 atom stereocenters. The summed E-state index contributed by atoms with van der Waals surface area (Å²) < 4.78 is 2.20. The molecular weight excluding hydrogens is 425 g/mol. The summed E-state index contributed by atoms with van der Waals surface area (Å²) in [6.45, 7) is 4.03. The highest BCUT2D eigenvalue weighted by Gasteiger charge is 2.09. The molecule has 0 aliphatic carbocycles. The van der Waals surface area contributed by atoms with Crippen molar-refractivity contribution in [3.05, 3.63) is 47.6 Å². The number of nitrogens with one attached hydrogen (secondary N) is 1. The normalized spacial score (nSPS) is 10.4. The fraction of sp³-hybridized carbons (Fsp3) is 0.154. The van der Waals surface area contributed by atoms with E-state index in [9.17, 15) is 4.79 Å². The van der Waals surface area contributed by atoms with E-state index in [4.69, 9.17) is 0 Å². The summed E-state index contributed by atoms with van der Waals surface area (Å²) in [6.07, 6.45) is 0. The number of aryl methyl sites for hydroxylation is 2. The maximum Gasteiger partial charge on any atom is 0.256 e. The van der Waals surface area contributed by atoms with Crippen molar-refractivity contribution in [3.63, 3.8) is 0 Å². The molecule has 94 valence electrons. The molecule has 1 aromatic heterocycles. The lowest BCUT2D eigenvalue weighted by molar-refractivity contribution is 0.102. The van der Waals surface area contributed by atoms with Crippen LogP contribution >= 0.6 is 49.9 Å². The van der Waals surface area contributed by atoms with Crippen molar-refractivity contribution in [1.82, 2.24) is 0 Å². The van der Waals surface area contributed by atoms with Gasteiger partial charge in [-0.3, -0.25) is 4.79 Å². The monoisotopic (exact) mass is 435 g/mol. The van der Waals surface area contributed by atoms with Gasteiger partial charge in [0.1, 0.15) is 0 Å². The Morgan fingerprint density at radius 3 is 2.39 bits per heavy atom. The third-order valence-electron chi connectivity index (χ3n) is 2.52. The van der Waals surface area contributed by atoms with E-state index in [1.54, 1.807) is 11.3 Å². The number of benzene rings is 1. The molecule has 2 rings (SSSR count). The van der Waals surface area contributed by atoms with E-state index in [0.717, 1.165) is 24.2 Å². The van der Waals surface area contributed by atoms with Crippen molar-refractivity contribution < 1.29 is 4.79 Å². The van der Waals surface area contributed by atoms with Gasteiger partial charge in [0.25, 0.3) is 5.91 Å². The van der Waals surface area contributed by atoms with Gasteiger partial charge in [-0.15, -0.1) is 11.3 Å². The fourth-order valence-corrected chi connectivity index (χ4v) is 3.21. The van der Waals surface area contributed by atoms with Gasteiger partial charge in [-0.1, -0.05) is 15.9 Å². The Bertz CT molecular complexity index is 586. The number of thiophene rings is 1. The second-order valence-corrected chi connectivity index (χ2v) is 7.62. The summed E-state index contributed by atoms with van der Waals surface area (Å²) in [6, 6.07) is 5.82. The van der Waals surface area contributed by atoms with Crippen LogP contribution in [0, 0.1) is 16.7 Å². The van der Waals surface area contributed by atoms with Crippen molar-refractivity contribution in [1.29, 1.82) is 0 Å². The first-order valence-corrected chi connectivity index (χ1v) is 8.04. The number of rotatable bonds is 2. The number of halogens is 2. The van der Waals surface area contributed by atoms with E-state index in [1.807, 2.05) is 37.4 Å². The van der Waals surface area contributed by atoms with Gasteiger partial charge < -0.3 is 5.32 Å². The summed E-state index contributed by atoms with van der Waals surface area (Å²) in [5.41, 5.74) is 3.78. The van der Waals surface area contributed by atoms with Crippen molar-refractivity contribution in [2.24, 2.45) is 0 Å². The first-order chi connectivity index (χ1) is 8.47. The van der Waals surface area contributed by atoms with Crippen LogP contribution in [0.1, 0.15) is 21.5 Å². The van der Waals surface area contributed by atoms with Crippen LogP contribution in [-0.4, -0.2) is 5.91 Å². The topological polar surface area (TPSA) is 29.1 Å². The van der Waals surface area contributed by atoms with Crippen molar-refractivity contribution in [3.8, 4) is 0 Å². The van der Waals surface area contributed by atoms with Gasteiger partial charge in [-0.2, -0.15) is 0 Å². The predicted molar refractivity (Wildman–Crippen MR) is 88.6 cm³/mol. The number of amides is 1. The van der Waals surface area contributed by atoms with Crippen molar-refractivity contribution >= 4 is 61.5 Å². The number of hydrogen-bond donors (Lipinski definition) is 1. The molecule has 18 heavy (non-hydrogen) atoms. The lowest BCUT2D eigenvalue weighted by Crippen LogP contribution is -2.11. The molecule has 1 heterocycles. The molecule has 5 heteroatoms. The van der Waals surface area contributed by atoms with E-state index >= 15 is 0 Å². The minimum absolute atomic E-state index is 0.0599. The number of hydrogen-bond acceptors (Lipinski definition) is 2. The Labute approximate surface area is 132 Å². The predicted octanol–water partition coefficient (Wildman–Crippen LogP) is 4.98. The molecule has 1 amide bonds. The Morgan fingerprint density at radius 1 is 1.28 bits per heavy atom. The summed E-state index contributed by atoms with van der Waals surface area (Å²) >= 11 is 7.30. The zero-order chi connectivity index (χ0) is 13.3. The summed E-state index contributed by atoms with van der Waals surface area (Å²) in [4.78, 5) is 12.0. The van der Waals surface area contributed by atoms with Crippen LogP contribution in [0.3, 0.4) is 0 Å². The van der Waals surface area contributed by atoms with Crippen LogP contribution in [0.15, 0.2) is 28.1 Å². The molecule has 0 saturated heterocycles. The van der Waals surface area contributed by atoms with Gasteiger partial charge in [0.15, 0.2) is 0 Å². The maximum atomic E-state index is 12.0. The fourth-order valence-electron chi connectivity index (χ4n) is 1.65. The minimum atomic E-state index is -0.0599. The first kappa shape index (κ1) is 14.0. The standard InChI is InChI=1S/C13H11BrINOS/c1-7-3-10(4-8(2)12(7)14)16-13(17)9-5-11(15)18-6-9/h3-6H,1-2H3,(H,16,17). The Balaban J connectivity index is 2.22. The summed E-state index contributed by atoms with van der Waals surface area (Å²) in [5, 5.41) is 4.79. The third-order valence-corrected chi connectivity index (χ3v) is 5.56. The molecule has 0 aliphatic heterocycles. The molecule has 0 radical (unpaired) electrons. The van der Waals surface area contributed by atoms with E-state index < -0.39 is 0 Å². The largest absolute Gasteiger partial charge is 0.322 e. The SMILES string of the molecule is Cc1cc(NC(=O)c2csc(I)c2)cc(C)c1Br. The highest BCUT2D eigenvalue weighted by Crippen LogP contribution is 2.25. The Kier molecular flexibility index (Phi) is 4.45. The Hall–Kier alpha value is -0.400. The highest BCUT2D eigenvalue weighted by atomic mass is 127. The molecule has 1 N–H and O–H groups in total. The molecule has 0 saturated carbocycles. The molecule has 2 nitrogen and oxygen atoms in total. The van der Waals surface area contributed by atoms with Gasteiger partial charge in [-0.25, -0.2) is 0 Å². The van der Waals surface area contributed by atoms with Crippen LogP contribution in [0.5, 0.6) is 0 Å². The van der Waals surface area contributed by atoms with Gasteiger partial charge >= 0.3 is 0 Å². The Morgan fingerprint density at radius 2 is 1.89 bits per heavy atom. The number of carbonyl (C=O) groups is 1. The van der Waals surface area contributed by atoms with E-state index in [-0.39, 0.29) is 5.91 Å². The van der Waals surface area contributed by atoms with Gasteiger partial charge in [0.2, 0.25) is 0 Å².